The molecule has 1 aliphatic carbocycles. The van der Waals surface area contributed by atoms with Gasteiger partial charge >= 0.3 is 0 Å². The zero-order valence-corrected chi connectivity index (χ0v) is 21.3. The van der Waals surface area contributed by atoms with Crippen LogP contribution in [0.5, 0.6) is 11.5 Å². The van der Waals surface area contributed by atoms with E-state index in [4.69, 9.17) is 10.5 Å². The van der Waals surface area contributed by atoms with Crippen molar-refractivity contribution < 1.29 is 4.74 Å². The minimum atomic E-state index is 0.357. The third kappa shape index (κ3) is 7.52. The van der Waals surface area contributed by atoms with Crippen molar-refractivity contribution in [3.63, 3.8) is 0 Å². The standard InChI is InChI=1S/C31H47NO/c1-3-5-6-7-8-9-11-15-26(14-4-2)31(24-12-10-13-25-31)27-16-20-29(21-17-27)33-30-22-18-28(32)19-23-30/h16-23,26H,3-15,24-25,32H2,1-2H3. The maximum Gasteiger partial charge on any atom is 0.127 e. The van der Waals surface area contributed by atoms with Crippen LogP contribution < -0.4 is 10.5 Å². The van der Waals surface area contributed by atoms with E-state index in [1.54, 1.807) is 5.56 Å². The van der Waals surface area contributed by atoms with Crippen LogP contribution in [-0.2, 0) is 5.41 Å². The van der Waals surface area contributed by atoms with Crippen molar-refractivity contribution in [3.05, 3.63) is 54.1 Å². The summed E-state index contributed by atoms with van der Waals surface area (Å²) >= 11 is 0. The molecule has 0 amide bonds. The SMILES string of the molecule is CCCCCCCCCC(CCC)C1(c2ccc(Oc3ccc(N)cc3)cc2)CCCCC1. The Kier molecular flexibility index (Phi) is 10.6. The van der Waals surface area contributed by atoms with Crippen molar-refractivity contribution in [2.24, 2.45) is 5.92 Å². The van der Waals surface area contributed by atoms with Crippen LogP contribution in [0.3, 0.4) is 0 Å². The zero-order chi connectivity index (χ0) is 23.4. The number of anilines is 1. The largest absolute Gasteiger partial charge is 0.457 e. The van der Waals surface area contributed by atoms with Gasteiger partial charge in [0.1, 0.15) is 11.5 Å². The highest BCUT2D eigenvalue weighted by molar-refractivity contribution is 5.43. The fraction of sp³-hybridized carbons (Fsp3) is 0.613. The predicted molar refractivity (Wildman–Crippen MR) is 143 cm³/mol. The number of rotatable bonds is 14. The second-order valence-corrected chi connectivity index (χ2v) is 10.3. The van der Waals surface area contributed by atoms with Crippen molar-refractivity contribution >= 4 is 5.69 Å². The smallest absolute Gasteiger partial charge is 0.127 e. The quantitative estimate of drug-likeness (QED) is 0.230. The predicted octanol–water partition coefficient (Wildman–Crippen LogP) is 9.82. The first-order chi connectivity index (χ1) is 16.2. The number of benzene rings is 2. The average molecular weight is 450 g/mol. The first kappa shape index (κ1) is 25.7. The molecule has 1 atom stereocenters. The van der Waals surface area contributed by atoms with E-state index in [1.807, 2.05) is 24.3 Å². The van der Waals surface area contributed by atoms with E-state index in [1.165, 1.54) is 96.3 Å². The fourth-order valence-electron chi connectivity index (χ4n) is 6.04. The van der Waals surface area contributed by atoms with Crippen LogP contribution in [0.1, 0.15) is 116 Å². The highest BCUT2D eigenvalue weighted by atomic mass is 16.5. The summed E-state index contributed by atoms with van der Waals surface area (Å²) in [5.41, 5.74) is 8.48. The fourth-order valence-corrected chi connectivity index (χ4v) is 6.04. The molecule has 1 saturated carbocycles. The second kappa shape index (κ2) is 13.7. The number of ether oxygens (including phenoxy) is 1. The van der Waals surface area contributed by atoms with Gasteiger partial charge in [0.25, 0.3) is 0 Å². The first-order valence-electron chi connectivity index (χ1n) is 13.8. The lowest BCUT2D eigenvalue weighted by Crippen LogP contribution is -2.37. The molecular weight excluding hydrogens is 402 g/mol. The van der Waals surface area contributed by atoms with E-state index in [-0.39, 0.29) is 0 Å². The highest BCUT2D eigenvalue weighted by Gasteiger charge is 2.40. The number of hydrogen-bond donors (Lipinski definition) is 1. The Hall–Kier alpha value is -1.96. The van der Waals surface area contributed by atoms with Gasteiger partial charge in [-0.1, -0.05) is 96.6 Å². The molecule has 0 aromatic heterocycles. The number of nitrogen functional groups attached to an aromatic ring is 1. The molecule has 0 aliphatic heterocycles. The molecule has 33 heavy (non-hydrogen) atoms. The summed E-state index contributed by atoms with van der Waals surface area (Å²) in [6, 6.07) is 16.7. The molecule has 2 N–H and O–H groups in total. The van der Waals surface area contributed by atoms with E-state index >= 15 is 0 Å². The summed E-state index contributed by atoms with van der Waals surface area (Å²) in [5.74, 6) is 2.56. The van der Waals surface area contributed by atoms with Crippen molar-refractivity contribution in [2.75, 3.05) is 5.73 Å². The topological polar surface area (TPSA) is 35.2 Å². The summed E-state index contributed by atoms with van der Waals surface area (Å²) < 4.78 is 6.08. The number of hydrogen-bond acceptors (Lipinski definition) is 2. The van der Waals surface area contributed by atoms with E-state index < -0.39 is 0 Å². The molecule has 1 aliphatic rings. The summed E-state index contributed by atoms with van der Waals surface area (Å²) in [4.78, 5) is 0. The third-order valence-electron chi connectivity index (χ3n) is 7.87. The maximum absolute atomic E-state index is 6.08. The summed E-state index contributed by atoms with van der Waals surface area (Å²) in [7, 11) is 0. The molecule has 182 valence electrons. The van der Waals surface area contributed by atoms with E-state index in [9.17, 15) is 0 Å². The van der Waals surface area contributed by atoms with E-state index in [2.05, 4.69) is 38.1 Å². The molecule has 3 rings (SSSR count). The Morgan fingerprint density at radius 3 is 1.88 bits per heavy atom. The van der Waals surface area contributed by atoms with Gasteiger partial charge < -0.3 is 10.5 Å². The summed E-state index contributed by atoms with van der Waals surface area (Å²) in [5, 5.41) is 0. The minimum absolute atomic E-state index is 0.357. The highest BCUT2D eigenvalue weighted by Crippen LogP contribution is 2.49. The number of unbranched alkanes of at least 4 members (excludes halogenated alkanes) is 6. The molecule has 2 aromatic carbocycles. The van der Waals surface area contributed by atoms with Crippen LogP contribution in [0.15, 0.2) is 48.5 Å². The molecule has 2 nitrogen and oxygen atoms in total. The molecule has 0 bridgehead atoms. The van der Waals surface area contributed by atoms with Crippen LogP contribution in [0.4, 0.5) is 5.69 Å². The molecule has 2 aromatic rings. The van der Waals surface area contributed by atoms with Crippen LogP contribution in [0.2, 0.25) is 0 Å². The van der Waals surface area contributed by atoms with Crippen LogP contribution in [0.25, 0.3) is 0 Å². The van der Waals surface area contributed by atoms with Gasteiger partial charge in [-0.05, 0) is 79.0 Å². The van der Waals surface area contributed by atoms with Crippen LogP contribution in [-0.4, -0.2) is 0 Å². The molecule has 0 heterocycles. The Balaban J connectivity index is 1.68. The zero-order valence-electron chi connectivity index (χ0n) is 21.3. The molecule has 2 heteroatoms. The number of nitrogens with two attached hydrogens (primary N) is 1. The third-order valence-corrected chi connectivity index (χ3v) is 7.87. The van der Waals surface area contributed by atoms with Gasteiger partial charge in [0, 0.05) is 5.69 Å². The molecule has 1 unspecified atom stereocenters. The maximum atomic E-state index is 6.08. The molecule has 0 radical (unpaired) electrons. The van der Waals surface area contributed by atoms with Gasteiger partial charge in [0.15, 0.2) is 0 Å². The Morgan fingerprint density at radius 1 is 0.697 bits per heavy atom. The van der Waals surface area contributed by atoms with Gasteiger partial charge in [0.05, 0.1) is 0 Å². The summed E-state index contributed by atoms with van der Waals surface area (Å²) in [6.45, 7) is 4.67. The Bertz CT molecular complexity index is 774. The van der Waals surface area contributed by atoms with Gasteiger partial charge in [-0.25, -0.2) is 0 Å². The Morgan fingerprint density at radius 2 is 1.27 bits per heavy atom. The van der Waals surface area contributed by atoms with Crippen molar-refractivity contribution in [1.29, 1.82) is 0 Å². The van der Waals surface area contributed by atoms with Crippen LogP contribution >= 0.6 is 0 Å². The van der Waals surface area contributed by atoms with Crippen LogP contribution in [0, 0.1) is 5.92 Å². The monoisotopic (exact) mass is 449 g/mol. The minimum Gasteiger partial charge on any atom is -0.457 e. The molecule has 0 saturated heterocycles. The van der Waals surface area contributed by atoms with Gasteiger partial charge in [-0.15, -0.1) is 0 Å². The lowest BCUT2D eigenvalue weighted by molar-refractivity contribution is 0.165. The van der Waals surface area contributed by atoms with Gasteiger partial charge in [-0.2, -0.15) is 0 Å². The van der Waals surface area contributed by atoms with Crippen molar-refractivity contribution in [3.8, 4) is 11.5 Å². The molecule has 0 spiro atoms. The Labute approximate surface area is 203 Å². The molecule has 1 fully saturated rings. The van der Waals surface area contributed by atoms with E-state index in [0.717, 1.165) is 23.1 Å². The first-order valence-corrected chi connectivity index (χ1v) is 13.8. The van der Waals surface area contributed by atoms with Gasteiger partial charge in [-0.3, -0.25) is 0 Å². The molecular formula is C31H47NO. The summed E-state index contributed by atoms with van der Waals surface area (Å²) in [6.07, 6.45) is 20.7. The normalized spacial score (nSPS) is 16.4. The van der Waals surface area contributed by atoms with E-state index in [0.29, 0.717) is 5.41 Å². The lowest BCUT2D eigenvalue weighted by atomic mass is 9.60. The van der Waals surface area contributed by atoms with Crippen molar-refractivity contribution in [2.45, 2.75) is 116 Å². The lowest BCUT2D eigenvalue weighted by Gasteiger charge is -2.45. The second-order valence-electron chi connectivity index (χ2n) is 10.3. The van der Waals surface area contributed by atoms with Gasteiger partial charge in [0.2, 0.25) is 0 Å². The average Bonchev–Trinajstić information content (AvgIpc) is 2.85. The van der Waals surface area contributed by atoms with Crippen molar-refractivity contribution in [1.82, 2.24) is 0 Å².